The summed E-state index contributed by atoms with van der Waals surface area (Å²) in [6.07, 6.45) is 0.979. The Kier molecular flexibility index (Phi) is 4.61. The summed E-state index contributed by atoms with van der Waals surface area (Å²) in [5.74, 6) is 1.67. The van der Waals surface area contributed by atoms with E-state index in [1.807, 2.05) is 0 Å². The molecule has 0 unspecified atom stereocenters. The lowest BCUT2D eigenvalue weighted by molar-refractivity contribution is 0.662. The quantitative estimate of drug-likeness (QED) is 0.675. The Morgan fingerprint density at radius 3 is 2.08 bits per heavy atom. The molecule has 0 saturated heterocycles. The molecule has 0 saturated carbocycles. The summed E-state index contributed by atoms with van der Waals surface area (Å²) in [5, 5.41) is 0. The Labute approximate surface area is 89.9 Å². The van der Waals surface area contributed by atoms with E-state index in [0.29, 0.717) is 17.7 Å². The van der Waals surface area contributed by atoms with Crippen LogP contribution in [0.4, 0.5) is 0 Å². The number of hydrogen-bond acceptors (Lipinski definition) is 0. The van der Waals surface area contributed by atoms with Crippen molar-refractivity contribution < 1.29 is 0 Å². The summed E-state index contributed by atoms with van der Waals surface area (Å²) < 4.78 is 0. The van der Waals surface area contributed by atoms with Crippen molar-refractivity contribution in [1.82, 2.24) is 0 Å². The Hall–Kier alpha value is -0.200. The van der Waals surface area contributed by atoms with Crippen molar-refractivity contribution in [1.29, 1.82) is 0 Å². The molecule has 0 fully saturated rings. The van der Waals surface area contributed by atoms with E-state index in [0.717, 1.165) is 6.42 Å². The Bertz CT molecular complexity index is 237. The van der Waals surface area contributed by atoms with Crippen LogP contribution in [0, 0.1) is 12.8 Å². The predicted molar refractivity (Wildman–Crippen MR) is 59.8 cm³/mol. The second kappa shape index (κ2) is 5.51. The maximum atomic E-state index is 5.76. The minimum Gasteiger partial charge on any atom is -0.126 e. The van der Waals surface area contributed by atoms with E-state index >= 15 is 0 Å². The van der Waals surface area contributed by atoms with E-state index in [2.05, 4.69) is 31.2 Å². The molecule has 0 aliphatic rings. The van der Waals surface area contributed by atoms with E-state index in [9.17, 15) is 0 Å². The zero-order valence-corrected chi connectivity index (χ0v) is 9.28. The molecule has 0 spiro atoms. The van der Waals surface area contributed by atoms with Gasteiger partial charge in [0.05, 0.1) is 0 Å². The molecule has 0 aliphatic heterocycles. The van der Waals surface area contributed by atoms with Crippen LogP contribution in [0.25, 0.3) is 0 Å². The molecule has 0 heterocycles. The fourth-order valence-electron chi connectivity index (χ4n) is 1.21. The van der Waals surface area contributed by atoms with Gasteiger partial charge in [-0.15, -0.1) is 23.2 Å². The highest BCUT2D eigenvalue weighted by Crippen LogP contribution is 2.12. The molecule has 0 N–H and O–H groups in total. The van der Waals surface area contributed by atoms with Gasteiger partial charge in [-0.3, -0.25) is 0 Å². The number of alkyl halides is 2. The van der Waals surface area contributed by atoms with Gasteiger partial charge in [0.15, 0.2) is 0 Å². The fourth-order valence-corrected chi connectivity index (χ4v) is 1.76. The summed E-state index contributed by atoms with van der Waals surface area (Å²) in [6, 6.07) is 8.52. The topological polar surface area (TPSA) is 0 Å². The third-order valence-electron chi connectivity index (χ3n) is 2.08. The van der Waals surface area contributed by atoms with E-state index < -0.39 is 0 Å². The second-order valence-corrected chi connectivity index (χ2v) is 3.98. The van der Waals surface area contributed by atoms with Crippen LogP contribution in [0.15, 0.2) is 24.3 Å². The van der Waals surface area contributed by atoms with Crippen molar-refractivity contribution in [3.8, 4) is 0 Å². The van der Waals surface area contributed by atoms with Crippen molar-refractivity contribution in [3.05, 3.63) is 35.4 Å². The van der Waals surface area contributed by atoms with Crippen molar-refractivity contribution in [3.63, 3.8) is 0 Å². The van der Waals surface area contributed by atoms with Crippen LogP contribution in [0.2, 0.25) is 0 Å². The van der Waals surface area contributed by atoms with Crippen LogP contribution in [0.3, 0.4) is 0 Å². The first kappa shape index (κ1) is 10.9. The Morgan fingerprint density at radius 2 is 1.62 bits per heavy atom. The van der Waals surface area contributed by atoms with Crippen LogP contribution in [-0.2, 0) is 6.42 Å². The van der Waals surface area contributed by atoms with Crippen molar-refractivity contribution >= 4 is 23.2 Å². The summed E-state index contributed by atoms with van der Waals surface area (Å²) in [5.41, 5.74) is 2.61. The molecular weight excluding hydrogens is 203 g/mol. The molecular formula is C11H14Cl2. The van der Waals surface area contributed by atoms with Gasteiger partial charge < -0.3 is 0 Å². The van der Waals surface area contributed by atoms with Crippen LogP contribution in [0.1, 0.15) is 11.1 Å². The third kappa shape index (κ3) is 3.58. The maximum absolute atomic E-state index is 5.76. The van der Waals surface area contributed by atoms with Crippen LogP contribution >= 0.6 is 23.2 Å². The third-order valence-corrected chi connectivity index (χ3v) is 2.95. The predicted octanol–water partition coefficient (Wildman–Crippen LogP) is 3.63. The summed E-state index contributed by atoms with van der Waals surface area (Å²) in [6.45, 7) is 2.09. The smallest absolute Gasteiger partial charge is 0.0266 e. The van der Waals surface area contributed by atoms with E-state index in [1.54, 1.807) is 0 Å². The lowest BCUT2D eigenvalue weighted by Gasteiger charge is -2.09. The van der Waals surface area contributed by atoms with Gasteiger partial charge in [0.2, 0.25) is 0 Å². The van der Waals surface area contributed by atoms with Crippen LogP contribution < -0.4 is 0 Å². The highest BCUT2D eigenvalue weighted by Gasteiger charge is 2.06. The average Bonchev–Trinajstić information content (AvgIpc) is 2.17. The number of halogens is 2. The first-order chi connectivity index (χ1) is 6.26. The van der Waals surface area contributed by atoms with Gasteiger partial charge in [0.25, 0.3) is 0 Å². The van der Waals surface area contributed by atoms with Gasteiger partial charge in [-0.05, 0) is 24.8 Å². The van der Waals surface area contributed by atoms with Gasteiger partial charge >= 0.3 is 0 Å². The van der Waals surface area contributed by atoms with Crippen molar-refractivity contribution in [2.45, 2.75) is 13.3 Å². The minimum atomic E-state index is 0.394. The molecule has 13 heavy (non-hydrogen) atoms. The molecule has 0 nitrogen and oxygen atoms in total. The van der Waals surface area contributed by atoms with E-state index in [-0.39, 0.29) is 0 Å². The SMILES string of the molecule is Cc1ccc(CC(CCl)CCl)cc1. The van der Waals surface area contributed by atoms with E-state index in [4.69, 9.17) is 23.2 Å². The fraction of sp³-hybridized carbons (Fsp3) is 0.455. The molecule has 0 atom stereocenters. The summed E-state index contributed by atoms with van der Waals surface area (Å²) in [7, 11) is 0. The lowest BCUT2D eigenvalue weighted by atomic mass is 10.0. The molecule has 1 rings (SSSR count). The molecule has 72 valence electrons. The van der Waals surface area contributed by atoms with Gasteiger partial charge in [-0.1, -0.05) is 29.8 Å². The molecule has 1 aromatic rings. The van der Waals surface area contributed by atoms with Crippen LogP contribution in [-0.4, -0.2) is 11.8 Å². The van der Waals surface area contributed by atoms with Gasteiger partial charge in [0.1, 0.15) is 0 Å². The largest absolute Gasteiger partial charge is 0.126 e. The zero-order valence-electron chi connectivity index (χ0n) is 7.76. The number of aryl methyl sites for hydroxylation is 1. The molecule has 1 aromatic carbocycles. The van der Waals surface area contributed by atoms with Gasteiger partial charge in [-0.25, -0.2) is 0 Å². The minimum absolute atomic E-state index is 0.394. The first-order valence-corrected chi connectivity index (χ1v) is 5.50. The van der Waals surface area contributed by atoms with Crippen molar-refractivity contribution in [2.24, 2.45) is 5.92 Å². The summed E-state index contributed by atoms with van der Waals surface area (Å²) >= 11 is 11.5. The standard InChI is InChI=1S/C11H14Cl2/c1-9-2-4-10(5-3-9)6-11(7-12)8-13/h2-5,11H,6-8H2,1H3. The lowest BCUT2D eigenvalue weighted by Crippen LogP contribution is -2.07. The molecule has 0 amide bonds. The van der Waals surface area contributed by atoms with Crippen molar-refractivity contribution in [2.75, 3.05) is 11.8 Å². The summed E-state index contributed by atoms with van der Waals surface area (Å²) in [4.78, 5) is 0. The Morgan fingerprint density at radius 1 is 1.08 bits per heavy atom. The average molecular weight is 217 g/mol. The molecule has 0 aliphatic carbocycles. The molecule has 0 bridgehead atoms. The molecule has 2 heteroatoms. The van der Waals surface area contributed by atoms with Gasteiger partial charge in [-0.2, -0.15) is 0 Å². The Balaban J connectivity index is 2.58. The molecule has 0 radical (unpaired) electrons. The number of benzene rings is 1. The van der Waals surface area contributed by atoms with Crippen LogP contribution in [0.5, 0.6) is 0 Å². The van der Waals surface area contributed by atoms with E-state index in [1.165, 1.54) is 11.1 Å². The zero-order chi connectivity index (χ0) is 9.68. The normalized spacial score (nSPS) is 10.8. The first-order valence-electron chi connectivity index (χ1n) is 4.43. The second-order valence-electron chi connectivity index (χ2n) is 3.36. The molecule has 0 aromatic heterocycles. The maximum Gasteiger partial charge on any atom is 0.0266 e. The number of hydrogen-bond donors (Lipinski definition) is 0. The number of rotatable bonds is 4. The van der Waals surface area contributed by atoms with Gasteiger partial charge in [0, 0.05) is 11.8 Å². The highest BCUT2D eigenvalue weighted by molar-refractivity contribution is 6.20. The monoisotopic (exact) mass is 216 g/mol. The highest BCUT2D eigenvalue weighted by atomic mass is 35.5.